The first kappa shape index (κ1) is 38.7. The maximum atomic E-state index is 12.2. The highest BCUT2D eigenvalue weighted by molar-refractivity contribution is 8.92. The standard InChI is InChI=1S/C15H22O10S12/c1-20-10(26)31-30-9(24-8(19)5-16)14(6-17,7-18)15(35-32-11(27)21-2,36-33-12(28)22-3)25-37-34-13(29)23-4/h9,16-18H,5-7H2,1-4H3. The summed E-state index contributed by atoms with van der Waals surface area (Å²) in [5, 5.41) is 30.9. The van der Waals surface area contributed by atoms with Crippen LogP contribution in [-0.2, 0) is 32.7 Å². The summed E-state index contributed by atoms with van der Waals surface area (Å²) in [5.74, 6) is -1.03. The van der Waals surface area contributed by atoms with Gasteiger partial charge in [0, 0.05) is 10.8 Å². The Kier molecular flexibility index (Phi) is 22.3. The van der Waals surface area contributed by atoms with E-state index in [1.54, 1.807) is 0 Å². The minimum Gasteiger partial charge on any atom is -0.481 e. The summed E-state index contributed by atoms with van der Waals surface area (Å²) in [7, 11) is 12.0. The molecule has 1 unspecified atom stereocenters. The molecule has 3 N–H and O–H groups in total. The highest BCUT2D eigenvalue weighted by atomic mass is 33.1. The van der Waals surface area contributed by atoms with Crippen molar-refractivity contribution in [1.29, 1.82) is 0 Å². The van der Waals surface area contributed by atoms with Gasteiger partial charge in [0.25, 0.3) is 0 Å². The summed E-state index contributed by atoms with van der Waals surface area (Å²) >= 11 is 21.2. The Balaban J connectivity index is 6.86. The summed E-state index contributed by atoms with van der Waals surface area (Å²) < 4.78 is 30.5. The fourth-order valence-electron chi connectivity index (χ4n) is 1.70. The van der Waals surface area contributed by atoms with Crippen molar-refractivity contribution in [1.82, 2.24) is 0 Å². The molecule has 0 spiro atoms. The van der Waals surface area contributed by atoms with Gasteiger partial charge in [-0.1, -0.05) is 0 Å². The molecule has 0 aromatic rings. The molecule has 0 bridgehead atoms. The molecule has 37 heavy (non-hydrogen) atoms. The first-order valence-corrected chi connectivity index (χ1v) is 19.2. The van der Waals surface area contributed by atoms with E-state index >= 15 is 0 Å². The van der Waals surface area contributed by atoms with E-state index in [-0.39, 0.29) is 17.5 Å². The lowest BCUT2D eigenvalue weighted by Crippen LogP contribution is -2.56. The van der Waals surface area contributed by atoms with E-state index in [0.29, 0.717) is 0 Å². The molecular formula is C15H22O10S12. The zero-order valence-electron chi connectivity index (χ0n) is 19.3. The van der Waals surface area contributed by atoms with Crippen LogP contribution < -0.4 is 0 Å². The molecule has 0 fully saturated rings. The van der Waals surface area contributed by atoms with E-state index < -0.39 is 40.9 Å². The lowest BCUT2D eigenvalue weighted by atomic mass is 9.91. The van der Waals surface area contributed by atoms with Crippen molar-refractivity contribution in [2.24, 2.45) is 5.41 Å². The molecule has 0 aliphatic carbocycles. The van der Waals surface area contributed by atoms with Gasteiger partial charge in [-0.3, -0.25) is 4.18 Å². The van der Waals surface area contributed by atoms with Crippen molar-refractivity contribution >= 4 is 159 Å². The SMILES string of the molecule is COC(=S)SSOC(SSC(=S)OC)(SSC(=S)OC)C(CO)(CO)C(OC(=O)CO)SSC(=S)OC. The lowest BCUT2D eigenvalue weighted by Gasteiger charge is -2.47. The summed E-state index contributed by atoms with van der Waals surface area (Å²) in [5.41, 5.74) is -3.18. The van der Waals surface area contributed by atoms with Gasteiger partial charge in [0.15, 0.2) is 5.44 Å². The highest BCUT2D eigenvalue weighted by Crippen LogP contribution is 2.65. The van der Waals surface area contributed by atoms with Crippen molar-refractivity contribution < 1.29 is 48.0 Å². The fourth-order valence-corrected chi connectivity index (χ4v) is 13.2. The molecule has 10 nitrogen and oxygen atoms in total. The summed E-state index contributed by atoms with van der Waals surface area (Å²) in [4.78, 5) is 12.2. The van der Waals surface area contributed by atoms with Crippen molar-refractivity contribution in [2.45, 2.75) is 9.70 Å². The number of hydrogen-bond acceptors (Lipinski definition) is 22. The van der Waals surface area contributed by atoms with E-state index in [2.05, 4.69) is 0 Å². The Hall–Kier alpha value is 1.67. The van der Waals surface area contributed by atoms with Crippen LogP contribution in [0.3, 0.4) is 0 Å². The van der Waals surface area contributed by atoms with Crippen molar-refractivity contribution in [2.75, 3.05) is 48.3 Å². The molecule has 0 rings (SSSR count). The number of aliphatic hydroxyl groups is 3. The van der Waals surface area contributed by atoms with Gasteiger partial charge in [0.1, 0.15) is 12.0 Å². The second kappa shape index (κ2) is 21.4. The van der Waals surface area contributed by atoms with Gasteiger partial charge in [-0.2, -0.15) is 0 Å². The van der Waals surface area contributed by atoms with Crippen LogP contribution >= 0.6 is 136 Å². The van der Waals surface area contributed by atoms with E-state index in [9.17, 15) is 20.1 Å². The lowest BCUT2D eigenvalue weighted by molar-refractivity contribution is -0.159. The molecule has 0 saturated carbocycles. The van der Waals surface area contributed by atoms with E-state index in [4.69, 9.17) is 76.7 Å². The number of aliphatic hydroxyl groups excluding tert-OH is 3. The Morgan fingerprint density at radius 3 is 1.59 bits per heavy atom. The van der Waals surface area contributed by atoms with Crippen LogP contribution in [0.4, 0.5) is 0 Å². The number of thiocarbonyl (C=S) groups is 4. The summed E-state index contributed by atoms with van der Waals surface area (Å²) in [6.07, 6.45) is 0. The van der Waals surface area contributed by atoms with Gasteiger partial charge < -0.3 is 39.0 Å². The van der Waals surface area contributed by atoms with Gasteiger partial charge in [-0.25, -0.2) is 4.79 Å². The third-order valence-corrected chi connectivity index (χ3v) is 16.8. The zero-order chi connectivity index (χ0) is 28.5. The second-order valence-corrected chi connectivity index (χ2v) is 16.9. The van der Waals surface area contributed by atoms with Crippen LogP contribution in [0.15, 0.2) is 0 Å². The fraction of sp³-hybridized carbons (Fsp3) is 0.667. The highest BCUT2D eigenvalue weighted by Gasteiger charge is 2.62. The Bertz CT molecular complexity index is 748. The number of carbonyl (C=O) groups is 1. The zero-order valence-corrected chi connectivity index (χ0v) is 29.1. The molecule has 0 aromatic heterocycles. The van der Waals surface area contributed by atoms with Crippen LogP contribution in [0.2, 0.25) is 0 Å². The van der Waals surface area contributed by atoms with Gasteiger partial charge >= 0.3 is 5.97 Å². The third-order valence-electron chi connectivity index (χ3n) is 3.55. The van der Waals surface area contributed by atoms with Gasteiger partial charge in [-0.15, -0.1) is 0 Å². The summed E-state index contributed by atoms with van der Waals surface area (Å²) in [6, 6.07) is 0. The maximum Gasteiger partial charge on any atom is 0.332 e. The van der Waals surface area contributed by atoms with E-state index in [1.165, 1.54) is 28.4 Å². The van der Waals surface area contributed by atoms with Crippen molar-refractivity contribution in [3.8, 4) is 0 Å². The quantitative estimate of drug-likeness (QED) is 0.0705. The van der Waals surface area contributed by atoms with Crippen LogP contribution in [0, 0.1) is 5.41 Å². The van der Waals surface area contributed by atoms with Crippen molar-refractivity contribution in [3.05, 3.63) is 0 Å². The minimum absolute atomic E-state index is 0.0758. The van der Waals surface area contributed by atoms with Crippen LogP contribution in [-0.4, -0.2) is 96.8 Å². The van der Waals surface area contributed by atoms with Gasteiger partial charge in [0.2, 0.25) is 21.8 Å². The molecule has 0 heterocycles. The number of esters is 1. The molecule has 0 aliphatic heterocycles. The molecule has 0 amide bonds. The number of rotatable bonds is 15. The third kappa shape index (κ3) is 13.0. The van der Waals surface area contributed by atoms with Crippen LogP contribution in [0.1, 0.15) is 0 Å². The predicted molar refractivity (Wildman–Crippen MR) is 177 cm³/mol. The van der Waals surface area contributed by atoms with Crippen LogP contribution in [0.5, 0.6) is 0 Å². The normalized spacial score (nSPS) is 12.3. The number of hydrogen-bond donors (Lipinski definition) is 3. The maximum absolute atomic E-state index is 12.2. The Labute approximate surface area is 267 Å². The smallest absolute Gasteiger partial charge is 0.332 e. The van der Waals surface area contributed by atoms with Gasteiger partial charge in [0.05, 0.1) is 52.7 Å². The molecule has 1 atom stereocenters. The van der Waals surface area contributed by atoms with Crippen LogP contribution in [0.25, 0.3) is 0 Å². The average molecular weight is 747 g/mol. The van der Waals surface area contributed by atoms with E-state index in [1.807, 2.05) is 0 Å². The molecular weight excluding hydrogens is 725 g/mol. The molecule has 0 aliphatic rings. The van der Waals surface area contributed by atoms with Crippen molar-refractivity contribution in [3.63, 3.8) is 0 Å². The molecule has 22 heteroatoms. The Morgan fingerprint density at radius 1 is 0.757 bits per heavy atom. The predicted octanol–water partition coefficient (Wildman–Crippen LogP) is 4.66. The molecule has 0 aromatic carbocycles. The minimum atomic E-state index is -1.82. The monoisotopic (exact) mass is 746 g/mol. The topological polar surface area (TPSA) is 133 Å². The molecule has 0 radical (unpaired) electrons. The number of ether oxygens (including phenoxy) is 5. The average Bonchev–Trinajstić information content (AvgIpc) is 2.92. The first-order valence-electron chi connectivity index (χ1n) is 8.96. The summed E-state index contributed by atoms with van der Waals surface area (Å²) in [6.45, 7) is -2.54. The second-order valence-electron chi connectivity index (χ2n) is 5.57. The Morgan fingerprint density at radius 2 is 1.19 bits per heavy atom. The van der Waals surface area contributed by atoms with E-state index in [0.717, 1.165) is 86.6 Å². The largest absolute Gasteiger partial charge is 0.481 e. The molecule has 0 saturated heterocycles. The van der Waals surface area contributed by atoms with Gasteiger partial charge in [-0.05, 0) is 114 Å². The number of methoxy groups -OCH3 is 4. The first-order chi connectivity index (χ1) is 17.5. The number of carbonyl (C=O) groups excluding carboxylic acids is 1. The molecule has 214 valence electrons.